The number of nitrogens with zero attached hydrogens (tertiary/aromatic N) is 2. The molecule has 0 aromatic carbocycles. The van der Waals surface area contributed by atoms with Gasteiger partial charge in [-0.15, -0.1) is 0 Å². The second-order valence-corrected chi connectivity index (χ2v) is 3.80. The van der Waals surface area contributed by atoms with Gasteiger partial charge in [-0.3, -0.25) is 9.78 Å². The summed E-state index contributed by atoms with van der Waals surface area (Å²) in [6.07, 6.45) is 1.75. The van der Waals surface area contributed by atoms with Gasteiger partial charge in [0.1, 0.15) is 0 Å². The molecular formula is C11H17N3O2. The number of hydrogen-bond acceptors (Lipinski definition) is 4. The minimum absolute atomic E-state index is 0.0442. The van der Waals surface area contributed by atoms with Crippen LogP contribution in [0.2, 0.25) is 0 Å². The minimum Gasteiger partial charge on any atom is -0.397 e. The summed E-state index contributed by atoms with van der Waals surface area (Å²) in [6, 6.07) is 3.26. The van der Waals surface area contributed by atoms with Crippen LogP contribution in [-0.4, -0.2) is 40.6 Å². The lowest BCUT2D eigenvalue weighted by Gasteiger charge is -2.22. The van der Waals surface area contributed by atoms with E-state index in [9.17, 15) is 4.79 Å². The number of nitrogen functional groups attached to an aromatic ring is 1. The molecule has 0 radical (unpaired) electrons. The van der Waals surface area contributed by atoms with Crippen LogP contribution in [0.1, 0.15) is 12.6 Å². The molecular weight excluding hydrogens is 206 g/mol. The molecule has 3 N–H and O–H groups in total. The maximum Gasteiger partial charge on any atom is 0.228 e. The number of nitrogens with two attached hydrogens (primary N) is 1. The van der Waals surface area contributed by atoms with Crippen molar-refractivity contribution in [3.63, 3.8) is 0 Å². The summed E-state index contributed by atoms with van der Waals surface area (Å²) in [6.45, 7) is 1.74. The monoisotopic (exact) mass is 223 g/mol. The first-order valence-corrected chi connectivity index (χ1v) is 5.11. The molecule has 0 bridgehead atoms. The topological polar surface area (TPSA) is 79.5 Å². The van der Waals surface area contributed by atoms with Crippen molar-refractivity contribution < 1.29 is 9.90 Å². The van der Waals surface area contributed by atoms with Gasteiger partial charge in [0.15, 0.2) is 0 Å². The Morgan fingerprint density at radius 1 is 1.62 bits per heavy atom. The van der Waals surface area contributed by atoms with E-state index in [0.29, 0.717) is 11.4 Å². The van der Waals surface area contributed by atoms with E-state index in [1.54, 1.807) is 26.1 Å². The summed E-state index contributed by atoms with van der Waals surface area (Å²) >= 11 is 0. The number of aliphatic hydroxyl groups excluding tert-OH is 1. The number of anilines is 1. The molecule has 1 atom stereocenters. The number of amides is 1. The van der Waals surface area contributed by atoms with Gasteiger partial charge in [0.2, 0.25) is 5.91 Å². The van der Waals surface area contributed by atoms with E-state index in [1.807, 2.05) is 0 Å². The molecule has 1 aromatic heterocycles. The molecule has 16 heavy (non-hydrogen) atoms. The molecule has 0 fully saturated rings. The number of aromatic nitrogens is 1. The highest BCUT2D eigenvalue weighted by Crippen LogP contribution is 2.04. The Labute approximate surface area is 94.9 Å². The average Bonchev–Trinajstić information content (AvgIpc) is 2.30. The normalized spacial score (nSPS) is 12.2. The summed E-state index contributed by atoms with van der Waals surface area (Å²) in [7, 11) is 1.67. The molecule has 1 unspecified atom stereocenters. The summed E-state index contributed by atoms with van der Waals surface area (Å²) in [5.74, 6) is -0.0705. The number of hydrogen-bond donors (Lipinski definition) is 2. The van der Waals surface area contributed by atoms with E-state index in [0.717, 1.165) is 0 Å². The van der Waals surface area contributed by atoms with Gasteiger partial charge in [-0.2, -0.15) is 0 Å². The van der Waals surface area contributed by atoms with Crippen molar-refractivity contribution >= 4 is 11.6 Å². The Morgan fingerprint density at radius 2 is 2.31 bits per heavy atom. The fourth-order valence-corrected chi connectivity index (χ4v) is 1.19. The fourth-order valence-electron chi connectivity index (χ4n) is 1.19. The molecule has 88 valence electrons. The third kappa shape index (κ3) is 3.20. The Hall–Kier alpha value is -1.62. The zero-order chi connectivity index (χ0) is 12.1. The van der Waals surface area contributed by atoms with Crippen LogP contribution in [0.15, 0.2) is 18.3 Å². The van der Waals surface area contributed by atoms with Crippen LogP contribution in [0.4, 0.5) is 5.69 Å². The average molecular weight is 223 g/mol. The smallest absolute Gasteiger partial charge is 0.228 e. The standard InChI is InChI=1S/C11H17N3O2/c1-8(7-15)14(2)11(16)5-10-4-3-9(12)6-13-10/h3-4,6,8,15H,5,7,12H2,1-2H3. The van der Waals surface area contributed by atoms with E-state index in [1.165, 1.54) is 11.1 Å². The summed E-state index contributed by atoms with van der Waals surface area (Å²) in [4.78, 5) is 17.3. The highest BCUT2D eigenvalue weighted by Gasteiger charge is 2.15. The van der Waals surface area contributed by atoms with Gasteiger partial charge in [-0.1, -0.05) is 0 Å². The SMILES string of the molecule is CC(CO)N(C)C(=O)Cc1ccc(N)cn1. The Morgan fingerprint density at radius 3 is 2.81 bits per heavy atom. The Balaban J connectivity index is 2.60. The third-order valence-corrected chi connectivity index (χ3v) is 2.50. The molecule has 0 aliphatic heterocycles. The predicted octanol–water partition coefficient (Wildman–Crippen LogP) is 0.0455. The van der Waals surface area contributed by atoms with E-state index < -0.39 is 0 Å². The van der Waals surface area contributed by atoms with Gasteiger partial charge in [0.05, 0.1) is 31.0 Å². The van der Waals surface area contributed by atoms with Crippen molar-refractivity contribution in [1.82, 2.24) is 9.88 Å². The van der Waals surface area contributed by atoms with E-state index >= 15 is 0 Å². The summed E-state index contributed by atoms with van der Waals surface area (Å²) in [5.41, 5.74) is 6.75. The van der Waals surface area contributed by atoms with Gasteiger partial charge >= 0.3 is 0 Å². The van der Waals surface area contributed by atoms with Crippen LogP contribution in [0.25, 0.3) is 0 Å². The van der Waals surface area contributed by atoms with Crippen molar-refractivity contribution in [2.45, 2.75) is 19.4 Å². The number of carbonyl (C=O) groups is 1. The maximum atomic E-state index is 11.7. The number of likely N-dealkylation sites (N-methyl/N-ethyl adjacent to an activating group) is 1. The largest absolute Gasteiger partial charge is 0.397 e. The van der Waals surface area contributed by atoms with Crippen molar-refractivity contribution in [2.75, 3.05) is 19.4 Å². The summed E-state index contributed by atoms with van der Waals surface area (Å²) < 4.78 is 0. The first kappa shape index (κ1) is 12.4. The van der Waals surface area contributed by atoms with Gasteiger partial charge in [-0.05, 0) is 19.1 Å². The Bertz CT molecular complexity index is 351. The van der Waals surface area contributed by atoms with Crippen molar-refractivity contribution in [2.24, 2.45) is 0 Å². The molecule has 1 aromatic rings. The lowest BCUT2D eigenvalue weighted by Crippen LogP contribution is -2.38. The molecule has 0 spiro atoms. The van der Waals surface area contributed by atoms with Crippen LogP contribution in [0, 0.1) is 0 Å². The van der Waals surface area contributed by atoms with Crippen LogP contribution < -0.4 is 5.73 Å². The van der Waals surface area contributed by atoms with Gasteiger partial charge in [-0.25, -0.2) is 0 Å². The second-order valence-electron chi connectivity index (χ2n) is 3.80. The number of carbonyl (C=O) groups excluding carboxylic acids is 1. The number of rotatable bonds is 4. The highest BCUT2D eigenvalue weighted by molar-refractivity contribution is 5.78. The Kier molecular flexibility index (Phi) is 4.25. The number of pyridine rings is 1. The molecule has 0 aliphatic rings. The summed E-state index contributed by atoms with van der Waals surface area (Å²) in [5, 5.41) is 8.93. The minimum atomic E-state index is -0.179. The molecule has 1 heterocycles. The number of aliphatic hydroxyl groups is 1. The van der Waals surface area contributed by atoms with E-state index in [4.69, 9.17) is 10.8 Å². The van der Waals surface area contributed by atoms with Gasteiger partial charge in [0, 0.05) is 12.7 Å². The first-order valence-electron chi connectivity index (χ1n) is 5.11. The van der Waals surface area contributed by atoms with E-state index in [2.05, 4.69) is 4.98 Å². The van der Waals surface area contributed by atoms with Crippen molar-refractivity contribution in [1.29, 1.82) is 0 Å². The van der Waals surface area contributed by atoms with Crippen LogP contribution >= 0.6 is 0 Å². The van der Waals surface area contributed by atoms with Crippen LogP contribution in [0.5, 0.6) is 0 Å². The lowest BCUT2D eigenvalue weighted by molar-refractivity contribution is -0.131. The first-order chi connectivity index (χ1) is 7.54. The quantitative estimate of drug-likeness (QED) is 0.755. The zero-order valence-electron chi connectivity index (χ0n) is 9.55. The molecule has 1 amide bonds. The molecule has 5 nitrogen and oxygen atoms in total. The maximum absolute atomic E-state index is 11.7. The third-order valence-electron chi connectivity index (χ3n) is 2.50. The molecule has 5 heteroatoms. The lowest BCUT2D eigenvalue weighted by atomic mass is 10.2. The molecule has 1 rings (SSSR count). The second kappa shape index (κ2) is 5.46. The van der Waals surface area contributed by atoms with Gasteiger partial charge < -0.3 is 15.7 Å². The predicted molar refractivity (Wildman–Crippen MR) is 61.7 cm³/mol. The van der Waals surface area contributed by atoms with Crippen LogP contribution in [0.3, 0.4) is 0 Å². The van der Waals surface area contributed by atoms with Gasteiger partial charge in [0.25, 0.3) is 0 Å². The highest BCUT2D eigenvalue weighted by atomic mass is 16.3. The van der Waals surface area contributed by atoms with Crippen molar-refractivity contribution in [3.05, 3.63) is 24.0 Å². The van der Waals surface area contributed by atoms with Crippen LogP contribution in [-0.2, 0) is 11.2 Å². The van der Waals surface area contributed by atoms with E-state index in [-0.39, 0.29) is 25.0 Å². The fraction of sp³-hybridized carbons (Fsp3) is 0.455. The molecule has 0 saturated heterocycles. The molecule has 0 saturated carbocycles. The molecule has 0 aliphatic carbocycles. The zero-order valence-corrected chi connectivity index (χ0v) is 9.55. The van der Waals surface area contributed by atoms with Crippen molar-refractivity contribution in [3.8, 4) is 0 Å².